The van der Waals surface area contributed by atoms with Crippen molar-refractivity contribution < 1.29 is 18.6 Å². The number of sulfonamides is 1. The van der Waals surface area contributed by atoms with Crippen LogP contribution in [0.15, 0.2) is 59.5 Å². The lowest BCUT2D eigenvalue weighted by atomic mass is 9.82. The van der Waals surface area contributed by atoms with Gasteiger partial charge in [0.25, 0.3) is 5.56 Å². The number of aryl methyl sites for hydroxylation is 2. The fourth-order valence-corrected chi connectivity index (χ4v) is 4.00. The highest BCUT2D eigenvalue weighted by Gasteiger charge is 2.24. The second-order valence-corrected chi connectivity index (χ2v) is 10.3. The summed E-state index contributed by atoms with van der Waals surface area (Å²) in [5, 5.41) is 20.8. The minimum atomic E-state index is -3.34. The fraction of sp³-hybridized carbons (Fsp3) is 0.292. The molecule has 0 aliphatic heterocycles. The molecule has 3 rings (SSSR count). The minimum absolute atomic E-state index is 0.0366. The molecule has 0 saturated heterocycles. The van der Waals surface area contributed by atoms with Crippen LogP contribution in [0.5, 0.6) is 5.75 Å². The molecule has 0 fully saturated rings. The van der Waals surface area contributed by atoms with Gasteiger partial charge in [-0.05, 0) is 59.9 Å². The predicted molar refractivity (Wildman–Crippen MR) is 127 cm³/mol. The number of aliphatic hydroxyl groups excluding tert-OH is 1. The number of pyridine rings is 1. The Morgan fingerprint density at radius 1 is 1.03 bits per heavy atom. The topological polar surface area (TPSA) is 119 Å². The lowest BCUT2D eigenvalue weighted by Crippen LogP contribution is -2.22. The van der Waals surface area contributed by atoms with Gasteiger partial charge in [-0.3, -0.25) is 9.52 Å². The van der Waals surface area contributed by atoms with Crippen LogP contribution < -0.4 is 10.3 Å². The van der Waals surface area contributed by atoms with Crippen LogP contribution in [0.2, 0.25) is 0 Å². The first-order chi connectivity index (χ1) is 15.0. The van der Waals surface area contributed by atoms with E-state index in [1.807, 2.05) is 32.0 Å². The van der Waals surface area contributed by atoms with Crippen LogP contribution in [0.3, 0.4) is 0 Å². The van der Waals surface area contributed by atoms with E-state index in [1.165, 1.54) is 6.20 Å². The van der Waals surface area contributed by atoms with Gasteiger partial charge in [-0.25, -0.2) is 8.42 Å². The summed E-state index contributed by atoms with van der Waals surface area (Å²) >= 11 is 0. The van der Waals surface area contributed by atoms with Gasteiger partial charge in [0, 0.05) is 22.9 Å². The Balaban J connectivity index is 1.95. The molecular weight excluding hydrogens is 428 g/mol. The lowest BCUT2D eigenvalue weighted by Gasteiger charge is -2.25. The normalized spacial score (nSPS) is 12.0. The zero-order chi connectivity index (χ0) is 23.5. The summed E-state index contributed by atoms with van der Waals surface area (Å²) in [6.45, 7) is 3.71. The maximum atomic E-state index is 12.4. The molecule has 3 aromatic rings. The molecule has 0 aliphatic rings. The highest BCUT2D eigenvalue weighted by Crippen LogP contribution is 2.36. The highest BCUT2D eigenvalue weighted by atomic mass is 32.2. The maximum absolute atomic E-state index is 12.4. The zero-order valence-electron chi connectivity index (χ0n) is 18.3. The Labute approximate surface area is 187 Å². The van der Waals surface area contributed by atoms with Gasteiger partial charge in [-0.15, -0.1) is 0 Å². The third-order valence-corrected chi connectivity index (χ3v) is 6.02. The summed E-state index contributed by atoms with van der Waals surface area (Å²) in [5.74, 6) is 0.0366. The predicted octanol–water partition coefficient (Wildman–Crippen LogP) is 3.17. The molecule has 0 atom stereocenters. The summed E-state index contributed by atoms with van der Waals surface area (Å²) in [5.41, 5.74) is 2.86. The number of nitrogens with one attached hydrogen (secondary N) is 2. The van der Waals surface area contributed by atoms with Gasteiger partial charge in [-0.1, -0.05) is 32.0 Å². The summed E-state index contributed by atoms with van der Waals surface area (Å²) in [6.07, 6.45) is 3.73. The first-order valence-electron chi connectivity index (χ1n) is 10.2. The minimum Gasteiger partial charge on any atom is -0.507 e. The molecule has 0 unspecified atom stereocenters. The molecule has 0 radical (unpaired) electrons. The molecular formula is C24H28N2O5S. The van der Waals surface area contributed by atoms with Crippen LogP contribution in [0.1, 0.15) is 30.5 Å². The number of rotatable bonds is 8. The molecule has 170 valence electrons. The van der Waals surface area contributed by atoms with E-state index in [-0.39, 0.29) is 17.9 Å². The van der Waals surface area contributed by atoms with E-state index in [1.54, 1.807) is 30.3 Å². The van der Waals surface area contributed by atoms with E-state index < -0.39 is 15.4 Å². The molecule has 7 nitrogen and oxygen atoms in total. The van der Waals surface area contributed by atoms with E-state index in [2.05, 4.69) is 9.71 Å². The number of aromatic nitrogens is 1. The van der Waals surface area contributed by atoms with E-state index in [9.17, 15) is 23.4 Å². The number of aromatic hydroxyl groups is 1. The summed E-state index contributed by atoms with van der Waals surface area (Å²) in [6, 6.07) is 14.0. The SMILES string of the molecule is CC(C)(CO)c1cc(CCc2ccc(NS(C)(=O)=O)cc2)c(O)c(-c2ccc[nH]c2=O)c1. The Kier molecular flexibility index (Phi) is 6.76. The lowest BCUT2D eigenvalue weighted by molar-refractivity contribution is 0.218. The standard InChI is InChI=1S/C24H28N2O5S/c1-24(2,15-27)18-13-17(22(28)21(14-18)20-5-4-12-25-23(20)29)9-6-16-7-10-19(11-8-16)26-32(3,30)31/h4-5,7-8,10-14,26-28H,6,9,15H2,1-3H3,(H,25,29). The number of phenolic OH excluding ortho intramolecular Hbond substituents is 1. The smallest absolute Gasteiger partial charge is 0.255 e. The second kappa shape index (κ2) is 9.18. The van der Waals surface area contributed by atoms with Crippen molar-refractivity contribution in [1.29, 1.82) is 0 Å². The molecule has 32 heavy (non-hydrogen) atoms. The van der Waals surface area contributed by atoms with E-state index in [4.69, 9.17) is 0 Å². The average Bonchev–Trinajstić information content (AvgIpc) is 2.73. The Bertz CT molecular complexity index is 1260. The number of aliphatic hydroxyl groups is 1. The van der Waals surface area contributed by atoms with E-state index in [0.29, 0.717) is 35.2 Å². The van der Waals surface area contributed by atoms with Crippen molar-refractivity contribution in [3.63, 3.8) is 0 Å². The maximum Gasteiger partial charge on any atom is 0.255 e. The number of H-pyrrole nitrogens is 1. The van der Waals surface area contributed by atoms with Crippen LogP contribution in [0, 0.1) is 0 Å². The van der Waals surface area contributed by atoms with E-state index in [0.717, 1.165) is 17.4 Å². The Hall–Kier alpha value is -3.10. The molecule has 0 aliphatic carbocycles. The van der Waals surface area contributed by atoms with Gasteiger partial charge < -0.3 is 15.2 Å². The molecule has 8 heteroatoms. The van der Waals surface area contributed by atoms with Crippen molar-refractivity contribution in [2.75, 3.05) is 17.6 Å². The van der Waals surface area contributed by atoms with Crippen molar-refractivity contribution in [3.8, 4) is 16.9 Å². The van der Waals surface area contributed by atoms with E-state index >= 15 is 0 Å². The van der Waals surface area contributed by atoms with Gasteiger partial charge in [0.1, 0.15) is 5.75 Å². The van der Waals surface area contributed by atoms with Crippen molar-refractivity contribution >= 4 is 15.7 Å². The number of phenols is 1. The van der Waals surface area contributed by atoms with Crippen LogP contribution in [0.25, 0.3) is 11.1 Å². The summed E-state index contributed by atoms with van der Waals surface area (Å²) in [4.78, 5) is 15.0. The van der Waals surface area contributed by atoms with Gasteiger partial charge in [0.2, 0.25) is 10.0 Å². The van der Waals surface area contributed by atoms with Crippen molar-refractivity contribution in [1.82, 2.24) is 4.98 Å². The van der Waals surface area contributed by atoms with Crippen LogP contribution in [0.4, 0.5) is 5.69 Å². The van der Waals surface area contributed by atoms with Gasteiger partial charge >= 0.3 is 0 Å². The van der Waals surface area contributed by atoms with Crippen molar-refractivity contribution in [2.45, 2.75) is 32.1 Å². The number of anilines is 1. The Morgan fingerprint density at radius 3 is 2.31 bits per heavy atom. The first kappa shape index (κ1) is 23.6. The van der Waals surface area contributed by atoms with Gasteiger partial charge in [-0.2, -0.15) is 0 Å². The molecule has 0 spiro atoms. The monoisotopic (exact) mass is 456 g/mol. The van der Waals surface area contributed by atoms with Crippen LogP contribution in [-0.2, 0) is 28.3 Å². The van der Waals surface area contributed by atoms with Crippen LogP contribution >= 0.6 is 0 Å². The number of benzene rings is 2. The Morgan fingerprint density at radius 2 is 1.72 bits per heavy atom. The zero-order valence-corrected chi connectivity index (χ0v) is 19.2. The number of hydrogen-bond donors (Lipinski definition) is 4. The quantitative estimate of drug-likeness (QED) is 0.415. The third kappa shape index (κ3) is 5.57. The first-order valence-corrected chi connectivity index (χ1v) is 12.1. The summed E-state index contributed by atoms with van der Waals surface area (Å²) in [7, 11) is -3.34. The van der Waals surface area contributed by atoms with Crippen molar-refractivity contribution in [2.24, 2.45) is 0 Å². The van der Waals surface area contributed by atoms with Gasteiger partial charge in [0.15, 0.2) is 0 Å². The molecule has 0 saturated carbocycles. The largest absolute Gasteiger partial charge is 0.507 e. The average molecular weight is 457 g/mol. The molecule has 1 heterocycles. The number of aromatic amines is 1. The number of hydrogen-bond acceptors (Lipinski definition) is 5. The molecule has 4 N–H and O–H groups in total. The van der Waals surface area contributed by atoms with Gasteiger partial charge in [0.05, 0.1) is 18.4 Å². The second-order valence-electron chi connectivity index (χ2n) is 8.56. The van der Waals surface area contributed by atoms with Crippen molar-refractivity contribution in [3.05, 3.63) is 81.8 Å². The highest BCUT2D eigenvalue weighted by molar-refractivity contribution is 7.92. The molecule has 0 bridgehead atoms. The molecule has 1 aromatic heterocycles. The fourth-order valence-electron chi connectivity index (χ4n) is 3.44. The summed E-state index contributed by atoms with van der Waals surface area (Å²) < 4.78 is 25.2. The molecule has 0 amide bonds. The van der Waals surface area contributed by atoms with Crippen LogP contribution in [-0.4, -0.2) is 36.5 Å². The third-order valence-electron chi connectivity index (χ3n) is 5.41. The molecule has 2 aromatic carbocycles.